The van der Waals surface area contributed by atoms with Gasteiger partial charge >= 0.3 is 0 Å². The van der Waals surface area contributed by atoms with Gasteiger partial charge in [-0.25, -0.2) is 0 Å². The summed E-state index contributed by atoms with van der Waals surface area (Å²) in [6, 6.07) is 0. The van der Waals surface area contributed by atoms with Gasteiger partial charge in [-0.15, -0.1) is 0 Å². The molecule has 1 nitrogen and oxygen atoms in total. The van der Waals surface area contributed by atoms with Crippen LogP contribution >= 0.6 is 0 Å². The van der Waals surface area contributed by atoms with Crippen LogP contribution in [0.25, 0.3) is 0 Å². The van der Waals surface area contributed by atoms with Crippen molar-refractivity contribution in [2.45, 2.75) is 39.2 Å². The van der Waals surface area contributed by atoms with E-state index >= 15 is 0 Å². The van der Waals surface area contributed by atoms with Gasteiger partial charge in [0.15, 0.2) is 0 Å². The molecule has 0 saturated heterocycles. The molecule has 1 heterocycles. The summed E-state index contributed by atoms with van der Waals surface area (Å²) in [6.07, 6.45) is 8.74. The third-order valence-electron chi connectivity index (χ3n) is 2.65. The molecule has 0 spiro atoms. The van der Waals surface area contributed by atoms with Crippen LogP contribution in [0.1, 0.15) is 33.6 Å². The first kappa shape index (κ1) is 11.3. The molecule has 0 atom stereocenters. The highest BCUT2D eigenvalue weighted by atomic mass is 14.9. The molecule has 0 aromatic carbocycles. The van der Waals surface area contributed by atoms with Gasteiger partial charge in [-0.05, 0) is 45.7 Å². The Balaban J connectivity index is 2.79. The lowest BCUT2D eigenvalue weighted by Gasteiger charge is -2.23. The Morgan fingerprint density at radius 1 is 1.43 bits per heavy atom. The molecule has 14 heavy (non-hydrogen) atoms. The molecule has 1 aliphatic heterocycles. The number of nitrogens with one attached hydrogen (secondary N) is 1. The van der Waals surface area contributed by atoms with Gasteiger partial charge in [-0.3, -0.25) is 0 Å². The van der Waals surface area contributed by atoms with Gasteiger partial charge in [-0.2, -0.15) is 0 Å². The molecule has 0 aromatic heterocycles. The average molecular weight is 191 g/mol. The Morgan fingerprint density at radius 2 is 2.14 bits per heavy atom. The highest BCUT2D eigenvalue weighted by Crippen LogP contribution is 2.15. The number of hydrogen-bond acceptors (Lipinski definition) is 1. The normalized spacial score (nSPS) is 29.1. The Kier molecular flexibility index (Phi) is 3.70. The summed E-state index contributed by atoms with van der Waals surface area (Å²) in [7, 11) is 0. The van der Waals surface area contributed by atoms with Crippen LogP contribution in [-0.4, -0.2) is 12.1 Å². The third kappa shape index (κ3) is 3.51. The van der Waals surface area contributed by atoms with Crippen molar-refractivity contribution < 1.29 is 0 Å². The second-order valence-corrected chi connectivity index (χ2v) is 4.56. The van der Waals surface area contributed by atoms with Crippen LogP contribution in [0.15, 0.2) is 36.0 Å². The van der Waals surface area contributed by atoms with E-state index in [1.165, 1.54) is 17.6 Å². The van der Waals surface area contributed by atoms with Crippen LogP contribution in [0.2, 0.25) is 0 Å². The van der Waals surface area contributed by atoms with E-state index in [1.54, 1.807) is 0 Å². The van der Waals surface area contributed by atoms with Crippen molar-refractivity contribution in [3.63, 3.8) is 0 Å². The van der Waals surface area contributed by atoms with Crippen LogP contribution in [0.5, 0.6) is 0 Å². The maximum Gasteiger partial charge on any atom is 0.0310 e. The largest absolute Gasteiger partial charge is 0.308 e. The quantitative estimate of drug-likeness (QED) is 0.620. The van der Waals surface area contributed by atoms with Crippen LogP contribution in [0.3, 0.4) is 0 Å². The second kappa shape index (κ2) is 4.61. The van der Waals surface area contributed by atoms with Gasteiger partial charge in [0, 0.05) is 5.54 Å². The number of rotatable bonds is 0. The minimum absolute atomic E-state index is 0.107. The summed E-state index contributed by atoms with van der Waals surface area (Å²) in [4.78, 5) is 0. The Labute approximate surface area is 87.6 Å². The molecule has 0 fully saturated rings. The molecule has 1 heteroatoms. The molecule has 0 radical (unpaired) electrons. The molecule has 0 saturated carbocycles. The molecule has 78 valence electrons. The first-order chi connectivity index (χ1) is 6.51. The predicted molar refractivity (Wildman–Crippen MR) is 63.4 cm³/mol. The minimum Gasteiger partial charge on any atom is -0.308 e. The average Bonchev–Trinajstić information content (AvgIpc) is 2.10. The summed E-state index contributed by atoms with van der Waals surface area (Å²) >= 11 is 0. The molecular weight excluding hydrogens is 170 g/mol. The SMILES string of the molecule is C=C1CCCNC(C)(C)/C=C\C=C/1C. The fourth-order valence-electron chi connectivity index (χ4n) is 1.52. The lowest BCUT2D eigenvalue weighted by molar-refractivity contribution is 0.468. The molecule has 1 rings (SSSR count). The molecule has 0 bridgehead atoms. The first-order valence-electron chi connectivity index (χ1n) is 5.30. The minimum atomic E-state index is 0.107. The van der Waals surface area contributed by atoms with Gasteiger partial charge in [-0.1, -0.05) is 30.4 Å². The van der Waals surface area contributed by atoms with Gasteiger partial charge in [0.1, 0.15) is 0 Å². The lowest BCUT2D eigenvalue weighted by Crippen LogP contribution is -2.37. The Morgan fingerprint density at radius 3 is 2.86 bits per heavy atom. The zero-order valence-electron chi connectivity index (χ0n) is 9.56. The smallest absolute Gasteiger partial charge is 0.0310 e. The molecule has 0 aliphatic carbocycles. The van der Waals surface area contributed by atoms with Crippen molar-refractivity contribution in [2.75, 3.05) is 6.54 Å². The summed E-state index contributed by atoms with van der Waals surface area (Å²) < 4.78 is 0. The Bertz CT molecular complexity index is 269. The summed E-state index contributed by atoms with van der Waals surface area (Å²) in [5.41, 5.74) is 2.67. The van der Waals surface area contributed by atoms with Crippen LogP contribution in [-0.2, 0) is 0 Å². The molecule has 1 aliphatic rings. The van der Waals surface area contributed by atoms with Crippen molar-refractivity contribution in [1.29, 1.82) is 0 Å². The zero-order valence-corrected chi connectivity index (χ0v) is 9.56. The molecule has 0 amide bonds. The zero-order chi connectivity index (χ0) is 10.6. The topological polar surface area (TPSA) is 12.0 Å². The molecule has 0 unspecified atom stereocenters. The Hall–Kier alpha value is -0.820. The summed E-state index contributed by atoms with van der Waals surface area (Å²) in [6.45, 7) is 11.7. The van der Waals surface area contributed by atoms with E-state index in [2.05, 4.69) is 50.9 Å². The van der Waals surface area contributed by atoms with Crippen molar-refractivity contribution in [2.24, 2.45) is 0 Å². The lowest BCUT2D eigenvalue weighted by atomic mass is 9.99. The number of hydrogen-bond donors (Lipinski definition) is 1. The highest BCUT2D eigenvalue weighted by molar-refractivity contribution is 5.30. The van der Waals surface area contributed by atoms with Crippen LogP contribution in [0, 0.1) is 0 Å². The fourth-order valence-corrected chi connectivity index (χ4v) is 1.52. The van der Waals surface area contributed by atoms with E-state index in [0.717, 1.165) is 13.0 Å². The maximum atomic E-state index is 4.08. The van der Waals surface area contributed by atoms with Crippen LogP contribution < -0.4 is 5.32 Å². The van der Waals surface area contributed by atoms with Gasteiger partial charge < -0.3 is 5.32 Å². The monoisotopic (exact) mass is 191 g/mol. The van der Waals surface area contributed by atoms with Gasteiger partial charge in [0.05, 0.1) is 0 Å². The molecular formula is C13H21N. The summed E-state index contributed by atoms with van der Waals surface area (Å²) in [5, 5.41) is 3.51. The van der Waals surface area contributed by atoms with E-state index in [0.29, 0.717) is 0 Å². The predicted octanol–water partition coefficient (Wildman–Crippen LogP) is 3.21. The third-order valence-corrected chi connectivity index (χ3v) is 2.65. The van der Waals surface area contributed by atoms with E-state index in [4.69, 9.17) is 0 Å². The van der Waals surface area contributed by atoms with Crippen molar-refractivity contribution in [1.82, 2.24) is 5.32 Å². The van der Waals surface area contributed by atoms with Crippen LogP contribution in [0.4, 0.5) is 0 Å². The van der Waals surface area contributed by atoms with Crippen molar-refractivity contribution in [3.8, 4) is 0 Å². The molecule has 0 aromatic rings. The van der Waals surface area contributed by atoms with Gasteiger partial charge in [0.2, 0.25) is 0 Å². The van der Waals surface area contributed by atoms with E-state index < -0.39 is 0 Å². The number of allylic oxidation sites excluding steroid dienone is 4. The molecule has 1 N–H and O–H groups in total. The van der Waals surface area contributed by atoms with Gasteiger partial charge in [0.25, 0.3) is 0 Å². The van der Waals surface area contributed by atoms with Crippen molar-refractivity contribution >= 4 is 0 Å². The second-order valence-electron chi connectivity index (χ2n) is 4.56. The van der Waals surface area contributed by atoms with E-state index in [9.17, 15) is 0 Å². The fraction of sp³-hybridized carbons (Fsp3) is 0.538. The van der Waals surface area contributed by atoms with E-state index in [-0.39, 0.29) is 5.54 Å². The van der Waals surface area contributed by atoms with Crippen molar-refractivity contribution in [3.05, 3.63) is 36.0 Å². The first-order valence-corrected chi connectivity index (χ1v) is 5.30. The van der Waals surface area contributed by atoms with E-state index in [1.807, 2.05) is 0 Å². The summed E-state index contributed by atoms with van der Waals surface area (Å²) in [5.74, 6) is 0. The highest BCUT2D eigenvalue weighted by Gasteiger charge is 2.12. The standard InChI is InChI=1S/C13H21N/c1-11-7-5-9-13(3,4)14-10-6-8-12(11)2/h5,7,9,14H,2,6,8,10H2,1,3-4H3/b9-5-,11-7-. The maximum absolute atomic E-state index is 4.08.